The van der Waals surface area contributed by atoms with Gasteiger partial charge < -0.3 is 13.8 Å². The lowest BCUT2D eigenvalue weighted by Crippen LogP contribution is -2.04. The minimum absolute atomic E-state index is 0.0831. The van der Waals surface area contributed by atoms with Crippen LogP contribution in [-0.2, 0) is 13.2 Å². The molecule has 3 heterocycles. The van der Waals surface area contributed by atoms with E-state index in [0.717, 1.165) is 23.0 Å². The number of hydrogen-bond acceptors (Lipinski definition) is 6. The Morgan fingerprint density at radius 3 is 2.56 bits per heavy atom. The van der Waals surface area contributed by atoms with Crippen LogP contribution in [0.1, 0.15) is 5.56 Å². The predicted octanol–water partition coefficient (Wildman–Crippen LogP) is 5.30. The minimum atomic E-state index is -4.41. The third-order valence-electron chi connectivity index (χ3n) is 4.74. The Morgan fingerprint density at radius 1 is 1.03 bits per heavy atom. The van der Waals surface area contributed by atoms with Gasteiger partial charge in [-0.2, -0.15) is 18.2 Å². The number of halogens is 3. The molecule has 0 atom stereocenters. The number of rotatable bonds is 4. The number of alkyl halides is 3. The summed E-state index contributed by atoms with van der Waals surface area (Å²) in [6.07, 6.45) is 1.49. The van der Waals surface area contributed by atoms with E-state index < -0.39 is 11.7 Å². The molecule has 0 bridgehead atoms. The SMILES string of the molecule is Cn1[c]cc2ccc(Oc3cnc(-c4nc(-c5ccc(C(F)(F)F)cc5)no4)cn3)cc21. The minimum Gasteiger partial charge on any atom is -0.437 e. The molecule has 159 valence electrons. The van der Waals surface area contributed by atoms with Gasteiger partial charge in [0, 0.05) is 24.1 Å². The first-order chi connectivity index (χ1) is 15.4. The molecule has 7 nitrogen and oxygen atoms in total. The van der Waals surface area contributed by atoms with Crippen molar-refractivity contribution in [3.63, 3.8) is 0 Å². The van der Waals surface area contributed by atoms with Crippen molar-refractivity contribution in [3.8, 4) is 34.6 Å². The number of nitrogens with zero attached hydrogens (tertiary/aromatic N) is 5. The molecule has 0 saturated carbocycles. The lowest BCUT2D eigenvalue weighted by molar-refractivity contribution is -0.137. The average molecular weight is 436 g/mol. The molecule has 32 heavy (non-hydrogen) atoms. The highest BCUT2D eigenvalue weighted by Gasteiger charge is 2.30. The summed E-state index contributed by atoms with van der Waals surface area (Å²) in [5.41, 5.74) is 0.897. The van der Waals surface area contributed by atoms with Gasteiger partial charge in [0.25, 0.3) is 5.89 Å². The number of ether oxygens (including phenoxy) is 1. The van der Waals surface area contributed by atoms with Crippen molar-refractivity contribution in [1.82, 2.24) is 24.7 Å². The fourth-order valence-electron chi connectivity index (χ4n) is 3.09. The Bertz CT molecular complexity index is 1390. The van der Waals surface area contributed by atoms with Gasteiger partial charge in [0.15, 0.2) is 0 Å². The van der Waals surface area contributed by atoms with E-state index >= 15 is 0 Å². The maximum atomic E-state index is 12.7. The van der Waals surface area contributed by atoms with Crippen molar-refractivity contribution in [3.05, 3.63) is 72.7 Å². The lowest BCUT2D eigenvalue weighted by atomic mass is 10.1. The Balaban J connectivity index is 1.33. The summed E-state index contributed by atoms with van der Waals surface area (Å²) in [6, 6.07) is 12.0. The smallest absolute Gasteiger partial charge is 0.416 e. The van der Waals surface area contributed by atoms with E-state index in [1.54, 1.807) is 0 Å². The highest BCUT2D eigenvalue weighted by Crippen LogP contribution is 2.31. The van der Waals surface area contributed by atoms with Gasteiger partial charge in [0.2, 0.25) is 11.7 Å². The Kier molecular flexibility index (Phi) is 4.62. The van der Waals surface area contributed by atoms with Crippen LogP contribution in [-0.4, -0.2) is 24.7 Å². The first kappa shape index (κ1) is 19.7. The van der Waals surface area contributed by atoms with Crippen molar-refractivity contribution in [2.45, 2.75) is 6.18 Å². The Labute approximate surface area is 179 Å². The van der Waals surface area contributed by atoms with Crippen molar-refractivity contribution in [1.29, 1.82) is 0 Å². The highest BCUT2D eigenvalue weighted by atomic mass is 19.4. The van der Waals surface area contributed by atoms with Crippen LogP contribution < -0.4 is 4.74 Å². The van der Waals surface area contributed by atoms with Crippen LogP contribution in [0, 0.1) is 6.20 Å². The second kappa shape index (κ2) is 7.49. The molecule has 1 radical (unpaired) electrons. The molecule has 5 aromatic rings. The molecule has 0 aliphatic rings. The molecule has 2 aromatic carbocycles. The fraction of sp³-hybridized carbons (Fsp3) is 0.0909. The van der Waals surface area contributed by atoms with Crippen LogP contribution in [0.2, 0.25) is 0 Å². The van der Waals surface area contributed by atoms with Crippen LogP contribution in [0.15, 0.2) is 65.4 Å². The molecule has 10 heteroatoms. The van der Waals surface area contributed by atoms with E-state index in [-0.39, 0.29) is 17.6 Å². The van der Waals surface area contributed by atoms with Gasteiger partial charge in [0.05, 0.1) is 29.7 Å². The lowest BCUT2D eigenvalue weighted by Gasteiger charge is -2.06. The summed E-state index contributed by atoms with van der Waals surface area (Å²) in [4.78, 5) is 12.6. The molecule has 3 aromatic heterocycles. The number of aryl methyl sites for hydroxylation is 1. The standard InChI is InChI=1S/C22H13F3N5O2/c1-30-9-8-13-4-7-16(10-18(13)30)31-19-12-26-17(11-27-19)21-28-20(29-32-21)14-2-5-15(6-3-14)22(23,24)25/h2-8,10-12H,1H3. The van der Waals surface area contributed by atoms with Gasteiger partial charge in [-0.1, -0.05) is 17.3 Å². The molecule has 0 aliphatic carbocycles. The maximum absolute atomic E-state index is 12.7. The fourth-order valence-corrected chi connectivity index (χ4v) is 3.09. The molecule has 0 amide bonds. The number of aromatic nitrogens is 5. The van der Waals surface area contributed by atoms with Crippen LogP contribution in [0.25, 0.3) is 33.9 Å². The number of hydrogen-bond donors (Lipinski definition) is 0. The van der Waals surface area contributed by atoms with Gasteiger partial charge >= 0.3 is 6.18 Å². The van der Waals surface area contributed by atoms with Crippen molar-refractivity contribution >= 4 is 10.9 Å². The maximum Gasteiger partial charge on any atom is 0.416 e. The highest BCUT2D eigenvalue weighted by molar-refractivity contribution is 5.81. The number of benzene rings is 2. The summed E-state index contributed by atoms with van der Waals surface area (Å²) < 4.78 is 50.9. The van der Waals surface area contributed by atoms with Crippen molar-refractivity contribution in [2.75, 3.05) is 0 Å². The zero-order valence-corrected chi connectivity index (χ0v) is 16.5. The van der Waals surface area contributed by atoms with Gasteiger partial charge in [0.1, 0.15) is 11.4 Å². The van der Waals surface area contributed by atoms with Crippen molar-refractivity contribution < 1.29 is 22.4 Å². The van der Waals surface area contributed by atoms with E-state index in [0.29, 0.717) is 17.0 Å². The zero-order chi connectivity index (χ0) is 22.3. The van der Waals surface area contributed by atoms with Crippen LogP contribution in [0.5, 0.6) is 11.6 Å². The monoisotopic (exact) mass is 436 g/mol. The van der Waals surface area contributed by atoms with E-state index in [2.05, 4.69) is 26.3 Å². The quantitative estimate of drug-likeness (QED) is 0.381. The molecule has 0 spiro atoms. The van der Waals surface area contributed by atoms with Gasteiger partial charge in [-0.3, -0.25) is 0 Å². The summed E-state index contributed by atoms with van der Waals surface area (Å²) in [6.45, 7) is 0. The van der Waals surface area contributed by atoms with Crippen LogP contribution >= 0.6 is 0 Å². The topological polar surface area (TPSA) is 78.9 Å². The second-order valence-corrected chi connectivity index (χ2v) is 6.89. The molecule has 0 aliphatic heterocycles. The second-order valence-electron chi connectivity index (χ2n) is 6.89. The summed E-state index contributed by atoms with van der Waals surface area (Å²) in [7, 11) is 1.89. The third-order valence-corrected chi connectivity index (χ3v) is 4.74. The molecular weight excluding hydrogens is 423 g/mol. The summed E-state index contributed by atoms with van der Waals surface area (Å²) >= 11 is 0. The molecule has 0 unspecified atom stereocenters. The van der Waals surface area contributed by atoms with Crippen molar-refractivity contribution in [2.24, 2.45) is 7.05 Å². The van der Waals surface area contributed by atoms with Gasteiger partial charge in [-0.05, 0) is 30.3 Å². The van der Waals surface area contributed by atoms with Gasteiger partial charge in [-0.25, -0.2) is 9.97 Å². The summed E-state index contributed by atoms with van der Waals surface area (Å²) in [5, 5.41) is 4.85. The average Bonchev–Trinajstić information content (AvgIpc) is 3.42. The Hall–Kier alpha value is -4.21. The molecule has 0 fully saturated rings. The zero-order valence-electron chi connectivity index (χ0n) is 16.5. The molecule has 0 N–H and O–H groups in total. The van der Waals surface area contributed by atoms with E-state index in [1.807, 2.05) is 35.9 Å². The molecule has 0 saturated heterocycles. The molecule has 5 rings (SSSR count). The largest absolute Gasteiger partial charge is 0.437 e. The Morgan fingerprint density at radius 2 is 1.84 bits per heavy atom. The predicted molar refractivity (Wildman–Crippen MR) is 108 cm³/mol. The first-order valence-electron chi connectivity index (χ1n) is 9.35. The summed E-state index contributed by atoms with van der Waals surface area (Å²) in [5.74, 6) is 1.09. The molecular formula is C22H13F3N5O2. The van der Waals surface area contributed by atoms with E-state index in [4.69, 9.17) is 9.26 Å². The van der Waals surface area contributed by atoms with Crippen LogP contribution in [0.4, 0.5) is 13.2 Å². The first-order valence-corrected chi connectivity index (χ1v) is 9.35. The third kappa shape index (κ3) is 3.78. The van der Waals surface area contributed by atoms with E-state index in [1.165, 1.54) is 24.5 Å². The normalized spacial score (nSPS) is 11.8. The van der Waals surface area contributed by atoms with Crippen LogP contribution in [0.3, 0.4) is 0 Å². The number of fused-ring (bicyclic) bond motifs is 1. The van der Waals surface area contributed by atoms with E-state index in [9.17, 15) is 13.2 Å². The van der Waals surface area contributed by atoms with Gasteiger partial charge in [-0.15, -0.1) is 0 Å².